The molecule has 3 aromatic carbocycles. The first kappa shape index (κ1) is 21.5. The van der Waals surface area contributed by atoms with Gasteiger partial charge in [-0.1, -0.05) is 97.1 Å². The molecule has 2 N–H and O–H groups in total. The van der Waals surface area contributed by atoms with Crippen molar-refractivity contribution in [1.82, 2.24) is 10.6 Å². The number of rotatable bonds is 8. The Hall–Kier alpha value is -2.68. The molecule has 0 aromatic heterocycles. The third-order valence-corrected chi connectivity index (χ3v) is 6.45. The van der Waals surface area contributed by atoms with Crippen LogP contribution in [0.3, 0.4) is 0 Å². The van der Waals surface area contributed by atoms with Crippen molar-refractivity contribution in [3.05, 3.63) is 119 Å². The number of aryl methyl sites for hydroxylation is 1. The summed E-state index contributed by atoms with van der Waals surface area (Å²) in [6.45, 7) is 8.57. The molecular formula is C29H34N2. The monoisotopic (exact) mass is 410 g/mol. The molecule has 0 bridgehead atoms. The van der Waals surface area contributed by atoms with Gasteiger partial charge in [-0.3, -0.25) is 0 Å². The molecule has 2 heteroatoms. The average Bonchev–Trinajstić information content (AvgIpc) is 3.20. The van der Waals surface area contributed by atoms with Gasteiger partial charge in [0, 0.05) is 30.1 Å². The van der Waals surface area contributed by atoms with Crippen molar-refractivity contribution in [2.45, 2.75) is 50.7 Å². The topological polar surface area (TPSA) is 24.1 Å². The average molecular weight is 411 g/mol. The van der Waals surface area contributed by atoms with Crippen molar-refractivity contribution < 1.29 is 0 Å². The minimum Gasteiger partial charge on any atom is -0.311 e. The van der Waals surface area contributed by atoms with Gasteiger partial charge in [0.05, 0.1) is 0 Å². The lowest BCUT2D eigenvalue weighted by atomic mass is 9.73. The second kappa shape index (κ2) is 9.21. The zero-order valence-corrected chi connectivity index (χ0v) is 18.9. The molecule has 4 rings (SSSR count). The maximum absolute atomic E-state index is 3.90. The van der Waals surface area contributed by atoms with Crippen LogP contribution < -0.4 is 10.6 Å². The molecule has 1 atom stereocenters. The lowest BCUT2D eigenvalue weighted by Gasteiger charge is -2.34. The first-order chi connectivity index (χ1) is 15.0. The van der Waals surface area contributed by atoms with Crippen LogP contribution in [0.5, 0.6) is 0 Å². The van der Waals surface area contributed by atoms with Crippen LogP contribution in [0.4, 0.5) is 0 Å². The normalized spacial score (nSPS) is 17.7. The Morgan fingerprint density at radius 1 is 0.839 bits per heavy atom. The van der Waals surface area contributed by atoms with Crippen molar-refractivity contribution in [3.8, 4) is 0 Å². The molecule has 0 radical (unpaired) electrons. The second-order valence-corrected chi connectivity index (χ2v) is 9.43. The van der Waals surface area contributed by atoms with Crippen molar-refractivity contribution in [2.24, 2.45) is 0 Å². The van der Waals surface area contributed by atoms with Gasteiger partial charge < -0.3 is 10.6 Å². The highest BCUT2D eigenvalue weighted by Gasteiger charge is 2.39. The summed E-state index contributed by atoms with van der Waals surface area (Å²) in [4.78, 5) is 0. The fourth-order valence-corrected chi connectivity index (χ4v) is 4.80. The Morgan fingerprint density at radius 3 is 2.03 bits per heavy atom. The third-order valence-electron chi connectivity index (χ3n) is 6.45. The van der Waals surface area contributed by atoms with E-state index >= 15 is 0 Å². The Bertz CT molecular complexity index is 966. The summed E-state index contributed by atoms with van der Waals surface area (Å²) in [5, 5.41) is 7.56. The van der Waals surface area contributed by atoms with Gasteiger partial charge in [0.2, 0.25) is 0 Å². The standard InChI is InChI=1S/C29H34N2/c1-23-12-10-11-13-24(23)21-30-22-28(2,3)31-27-18-19-29(20-27,25-14-6-4-7-15-25)26-16-8-5-9-17-26/h4-19,27,30-31H,20-22H2,1-3H3. The number of nitrogens with one attached hydrogen (secondary N) is 2. The van der Waals surface area contributed by atoms with Crippen LogP contribution in [0.1, 0.15) is 42.5 Å². The lowest BCUT2D eigenvalue weighted by Crippen LogP contribution is -2.51. The summed E-state index contributed by atoms with van der Waals surface area (Å²) >= 11 is 0. The molecule has 1 aliphatic carbocycles. The van der Waals surface area contributed by atoms with Gasteiger partial charge in [0.15, 0.2) is 0 Å². The highest BCUT2D eigenvalue weighted by Crippen LogP contribution is 2.42. The maximum atomic E-state index is 3.90. The van der Waals surface area contributed by atoms with Crippen molar-refractivity contribution in [1.29, 1.82) is 0 Å². The molecule has 3 aromatic rings. The Balaban J connectivity index is 1.44. The minimum absolute atomic E-state index is 0.0128. The molecule has 0 fully saturated rings. The largest absolute Gasteiger partial charge is 0.311 e. The van der Waals surface area contributed by atoms with Crippen LogP contribution in [0, 0.1) is 6.92 Å². The van der Waals surface area contributed by atoms with E-state index in [-0.39, 0.29) is 11.0 Å². The quantitative estimate of drug-likeness (QED) is 0.461. The third kappa shape index (κ3) is 4.98. The first-order valence-electron chi connectivity index (χ1n) is 11.3. The number of allylic oxidation sites excluding steroid dienone is 1. The van der Waals surface area contributed by atoms with Gasteiger partial charge in [-0.15, -0.1) is 0 Å². The van der Waals surface area contributed by atoms with Crippen molar-refractivity contribution >= 4 is 0 Å². The Kier molecular flexibility index (Phi) is 6.41. The van der Waals surface area contributed by atoms with E-state index in [1.54, 1.807) is 0 Å². The molecule has 0 aliphatic heterocycles. The van der Waals surface area contributed by atoms with Gasteiger partial charge in [0.25, 0.3) is 0 Å². The second-order valence-electron chi connectivity index (χ2n) is 9.43. The Labute approximate surface area is 187 Å². The van der Waals surface area contributed by atoms with E-state index in [9.17, 15) is 0 Å². The predicted molar refractivity (Wildman–Crippen MR) is 131 cm³/mol. The van der Waals surface area contributed by atoms with E-state index in [1.165, 1.54) is 22.3 Å². The summed E-state index contributed by atoms with van der Waals surface area (Å²) in [5.41, 5.74) is 5.34. The van der Waals surface area contributed by atoms with Crippen LogP contribution in [-0.4, -0.2) is 18.1 Å². The van der Waals surface area contributed by atoms with Gasteiger partial charge in [-0.05, 0) is 49.4 Å². The number of benzene rings is 3. The molecular weight excluding hydrogens is 376 g/mol. The van der Waals surface area contributed by atoms with E-state index in [4.69, 9.17) is 0 Å². The molecule has 0 saturated carbocycles. The molecule has 2 nitrogen and oxygen atoms in total. The molecule has 0 amide bonds. The van der Waals surface area contributed by atoms with Crippen molar-refractivity contribution in [2.75, 3.05) is 6.54 Å². The van der Waals surface area contributed by atoms with Gasteiger partial charge in [0.1, 0.15) is 0 Å². The van der Waals surface area contributed by atoms with Crippen LogP contribution in [-0.2, 0) is 12.0 Å². The lowest BCUT2D eigenvalue weighted by molar-refractivity contribution is 0.328. The predicted octanol–water partition coefficient (Wildman–Crippen LogP) is 5.77. The minimum atomic E-state index is -0.0785. The summed E-state index contributed by atoms with van der Waals surface area (Å²) < 4.78 is 0. The number of hydrogen-bond donors (Lipinski definition) is 2. The van der Waals surface area contributed by atoms with E-state index < -0.39 is 0 Å². The van der Waals surface area contributed by atoms with Crippen LogP contribution in [0.15, 0.2) is 97.1 Å². The zero-order chi connectivity index (χ0) is 21.7. The van der Waals surface area contributed by atoms with Crippen LogP contribution >= 0.6 is 0 Å². The van der Waals surface area contributed by atoms with Gasteiger partial charge in [-0.25, -0.2) is 0 Å². The fraction of sp³-hybridized carbons (Fsp3) is 0.310. The molecule has 160 valence electrons. The molecule has 0 saturated heterocycles. The van der Waals surface area contributed by atoms with E-state index in [0.29, 0.717) is 6.04 Å². The smallest absolute Gasteiger partial charge is 0.0400 e. The van der Waals surface area contributed by atoms with Crippen LogP contribution in [0.25, 0.3) is 0 Å². The summed E-state index contributed by atoms with van der Waals surface area (Å²) in [6.07, 6.45) is 5.80. The SMILES string of the molecule is Cc1ccccc1CNCC(C)(C)NC1C=CC(c2ccccc2)(c2ccccc2)C1. The highest BCUT2D eigenvalue weighted by atomic mass is 15.0. The zero-order valence-electron chi connectivity index (χ0n) is 18.9. The molecule has 31 heavy (non-hydrogen) atoms. The summed E-state index contributed by atoms with van der Waals surface area (Å²) in [6, 6.07) is 30.7. The molecule has 1 aliphatic rings. The highest BCUT2D eigenvalue weighted by molar-refractivity contribution is 5.47. The van der Waals surface area contributed by atoms with Gasteiger partial charge in [-0.2, -0.15) is 0 Å². The Morgan fingerprint density at radius 2 is 1.42 bits per heavy atom. The first-order valence-corrected chi connectivity index (χ1v) is 11.3. The number of hydrogen-bond acceptors (Lipinski definition) is 2. The van der Waals surface area contributed by atoms with Crippen LogP contribution in [0.2, 0.25) is 0 Å². The molecule has 0 spiro atoms. The molecule has 0 heterocycles. The summed E-state index contributed by atoms with van der Waals surface area (Å²) in [5.74, 6) is 0. The van der Waals surface area contributed by atoms with E-state index in [0.717, 1.165) is 19.5 Å². The fourth-order valence-electron chi connectivity index (χ4n) is 4.80. The molecule has 1 unspecified atom stereocenters. The van der Waals surface area contributed by atoms with Crippen molar-refractivity contribution in [3.63, 3.8) is 0 Å². The van der Waals surface area contributed by atoms with E-state index in [2.05, 4.69) is 128 Å². The van der Waals surface area contributed by atoms with Gasteiger partial charge >= 0.3 is 0 Å². The van der Waals surface area contributed by atoms with E-state index in [1.807, 2.05) is 0 Å². The summed E-state index contributed by atoms with van der Waals surface area (Å²) in [7, 11) is 0. The maximum Gasteiger partial charge on any atom is 0.0400 e.